The van der Waals surface area contributed by atoms with Crippen LogP contribution in [0.1, 0.15) is 60.0 Å². The fourth-order valence-corrected chi connectivity index (χ4v) is 5.38. The van der Waals surface area contributed by atoms with Crippen molar-refractivity contribution in [2.24, 2.45) is 11.8 Å². The fraction of sp³-hybridized carbons (Fsp3) is 0.464. The number of anilines is 1. The number of carboxylic acid groups (broad SMARTS) is 1. The molecule has 6 heteroatoms. The van der Waals surface area contributed by atoms with E-state index < -0.39 is 5.97 Å². The molecule has 0 unspecified atom stereocenters. The van der Waals surface area contributed by atoms with E-state index in [1.165, 1.54) is 5.56 Å². The SMILES string of the molecule is C=CC[C@H](O)C[C@@H]1CC[C@H]1CN1CCCCc2cc(Cl)ccc2COc2ccc(C(=O)O)cc21. The molecule has 1 aliphatic heterocycles. The van der Waals surface area contributed by atoms with Crippen molar-refractivity contribution >= 4 is 23.3 Å². The van der Waals surface area contributed by atoms with Gasteiger partial charge in [-0.25, -0.2) is 4.79 Å². The normalized spacial score (nSPS) is 21.2. The van der Waals surface area contributed by atoms with Crippen molar-refractivity contribution in [2.75, 3.05) is 18.0 Å². The molecule has 182 valence electrons. The van der Waals surface area contributed by atoms with Crippen molar-refractivity contribution in [1.82, 2.24) is 0 Å². The molecule has 1 heterocycles. The second-order valence-corrected chi connectivity index (χ2v) is 10.0. The Labute approximate surface area is 207 Å². The van der Waals surface area contributed by atoms with Crippen molar-refractivity contribution < 1.29 is 19.7 Å². The molecular formula is C28H34ClNO4. The van der Waals surface area contributed by atoms with Crippen molar-refractivity contribution in [2.45, 2.75) is 57.7 Å². The van der Waals surface area contributed by atoms with Crippen LogP contribution in [0.2, 0.25) is 5.02 Å². The van der Waals surface area contributed by atoms with Crippen molar-refractivity contribution in [3.05, 3.63) is 70.8 Å². The average molecular weight is 484 g/mol. The Hall–Kier alpha value is -2.50. The summed E-state index contributed by atoms with van der Waals surface area (Å²) in [6.45, 7) is 5.82. The van der Waals surface area contributed by atoms with Gasteiger partial charge in [0.1, 0.15) is 12.4 Å². The molecular weight excluding hydrogens is 450 g/mol. The van der Waals surface area contributed by atoms with E-state index in [0.717, 1.165) is 67.9 Å². The monoisotopic (exact) mass is 483 g/mol. The number of aromatic carboxylic acids is 1. The van der Waals surface area contributed by atoms with Crippen LogP contribution in [0.3, 0.4) is 0 Å². The Kier molecular flexibility index (Phi) is 8.17. The summed E-state index contributed by atoms with van der Waals surface area (Å²) in [5.41, 5.74) is 3.43. The summed E-state index contributed by atoms with van der Waals surface area (Å²) in [6.07, 6.45) is 8.04. The molecule has 0 amide bonds. The summed E-state index contributed by atoms with van der Waals surface area (Å²) in [5.74, 6) is 0.718. The van der Waals surface area contributed by atoms with E-state index in [9.17, 15) is 15.0 Å². The van der Waals surface area contributed by atoms with E-state index in [4.69, 9.17) is 16.3 Å². The van der Waals surface area contributed by atoms with E-state index in [-0.39, 0.29) is 11.7 Å². The van der Waals surface area contributed by atoms with Crippen LogP contribution in [0.15, 0.2) is 49.1 Å². The quantitative estimate of drug-likeness (QED) is 0.465. The molecule has 4 rings (SSSR count). The van der Waals surface area contributed by atoms with Crippen molar-refractivity contribution in [3.8, 4) is 5.75 Å². The highest BCUT2D eigenvalue weighted by molar-refractivity contribution is 6.30. The predicted octanol–water partition coefficient (Wildman–Crippen LogP) is 6.11. The minimum atomic E-state index is -0.939. The van der Waals surface area contributed by atoms with Gasteiger partial charge >= 0.3 is 5.97 Å². The van der Waals surface area contributed by atoms with Crippen molar-refractivity contribution in [3.63, 3.8) is 0 Å². The highest BCUT2D eigenvalue weighted by atomic mass is 35.5. The van der Waals surface area contributed by atoms with Crippen molar-refractivity contribution in [1.29, 1.82) is 0 Å². The van der Waals surface area contributed by atoms with Crippen LogP contribution in [0, 0.1) is 11.8 Å². The number of nitrogens with zero attached hydrogens (tertiary/aromatic N) is 1. The maximum Gasteiger partial charge on any atom is 0.335 e. The number of benzene rings is 2. The number of rotatable bonds is 7. The molecule has 5 nitrogen and oxygen atoms in total. The molecule has 0 spiro atoms. The second-order valence-electron chi connectivity index (χ2n) is 9.60. The fourth-order valence-electron chi connectivity index (χ4n) is 5.18. The molecule has 1 fully saturated rings. The van der Waals surface area contributed by atoms with E-state index >= 15 is 0 Å². The molecule has 0 saturated heterocycles. The number of carboxylic acids is 1. The summed E-state index contributed by atoms with van der Waals surface area (Å²) >= 11 is 6.25. The number of ether oxygens (including phenoxy) is 1. The van der Waals surface area contributed by atoms with Gasteiger partial charge in [-0.1, -0.05) is 23.7 Å². The summed E-state index contributed by atoms with van der Waals surface area (Å²) in [6, 6.07) is 11.1. The molecule has 2 N–H and O–H groups in total. The molecule has 34 heavy (non-hydrogen) atoms. The van der Waals surface area contributed by atoms with Gasteiger partial charge in [0.15, 0.2) is 0 Å². The van der Waals surface area contributed by atoms with Gasteiger partial charge in [0.25, 0.3) is 0 Å². The molecule has 1 aliphatic carbocycles. The van der Waals surface area contributed by atoms with Gasteiger partial charge in [-0.3, -0.25) is 0 Å². The summed E-state index contributed by atoms with van der Waals surface area (Å²) in [4.78, 5) is 14.0. The molecule has 0 aromatic heterocycles. The smallest absolute Gasteiger partial charge is 0.335 e. The first-order valence-corrected chi connectivity index (χ1v) is 12.6. The van der Waals surface area contributed by atoms with Crippen LogP contribution in [-0.2, 0) is 13.0 Å². The Morgan fingerprint density at radius 2 is 2.00 bits per heavy atom. The summed E-state index contributed by atoms with van der Waals surface area (Å²) < 4.78 is 6.28. The van der Waals surface area contributed by atoms with Crippen LogP contribution in [0.5, 0.6) is 5.75 Å². The number of aryl methyl sites for hydroxylation is 1. The first kappa shape index (κ1) is 24.6. The maximum absolute atomic E-state index is 11.7. The minimum absolute atomic E-state index is 0.265. The van der Waals surface area contributed by atoms with Gasteiger partial charge in [0.05, 0.1) is 17.4 Å². The lowest BCUT2D eigenvalue weighted by atomic mass is 9.70. The number of carbonyl (C=O) groups is 1. The Balaban J connectivity index is 1.59. The van der Waals surface area contributed by atoms with Crippen LogP contribution < -0.4 is 9.64 Å². The maximum atomic E-state index is 11.7. The first-order valence-electron chi connectivity index (χ1n) is 12.3. The van der Waals surface area contributed by atoms with Gasteiger partial charge in [-0.2, -0.15) is 0 Å². The number of aliphatic hydroxyl groups excluding tert-OH is 1. The first-order chi connectivity index (χ1) is 16.4. The van der Waals surface area contributed by atoms with Gasteiger partial charge in [-0.05, 0) is 98.2 Å². The third kappa shape index (κ3) is 5.94. The van der Waals surface area contributed by atoms with Gasteiger partial charge in [0.2, 0.25) is 0 Å². The zero-order valence-corrected chi connectivity index (χ0v) is 20.3. The van der Waals surface area contributed by atoms with Gasteiger partial charge < -0.3 is 19.8 Å². The standard InChI is InChI=1S/C28H34ClNO4/c1-2-5-25(31)15-20-7-8-22(20)17-30-13-4-3-6-19-14-24(29)11-9-23(19)18-34-27-12-10-21(28(32)33)16-26(27)30/h2,9-12,14,16,20,22,25,31H,1,3-8,13,15,17-18H2,(H,32,33)/t20-,22-,25-/m0/s1. The molecule has 3 atom stereocenters. The molecule has 2 aliphatic rings. The lowest BCUT2D eigenvalue weighted by Gasteiger charge is -2.42. The highest BCUT2D eigenvalue weighted by Gasteiger charge is 2.34. The zero-order valence-electron chi connectivity index (χ0n) is 19.6. The number of hydrogen-bond acceptors (Lipinski definition) is 4. The van der Waals surface area contributed by atoms with Crippen LogP contribution >= 0.6 is 11.6 Å². The van der Waals surface area contributed by atoms with Gasteiger partial charge in [-0.15, -0.1) is 6.58 Å². The topological polar surface area (TPSA) is 70.0 Å². The zero-order chi connectivity index (χ0) is 24.1. The van der Waals surface area contributed by atoms with E-state index in [2.05, 4.69) is 11.5 Å². The minimum Gasteiger partial charge on any atom is -0.487 e. The largest absolute Gasteiger partial charge is 0.487 e. The Morgan fingerprint density at radius 3 is 2.74 bits per heavy atom. The number of fused-ring (bicyclic) bond motifs is 2. The van der Waals surface area contributed by atoms with Crippen LogP contribution in [0.4, 0.5) is 5.69 Å². The Morgan fingerprint density at radius 1 is 1.18 bits per heavy atom. The van der Waals surface area contributed by atoms with Gasteiger partial charge in [0, 0.05) is 18.1 Å². The third-order valence-corrected chi connectivity index (χ3v) is 7.50. The van der Waals surface area contributed by atoms with E-state index in [0.29, 0.717) is 30.6 Å². The predicted molar refractivity (Wildman–Crippen MR) is 136 cm³/mol. The lowest BCUT2D eigenvalue weighted by Crippen LogP contribution is -2.40. The third-order valence-electron chi connectivity index (χ3n) is 7.27. The van der Waals surface area contributed by atoms with E-state index in [1.807, 2.05) is 18.2 Å². The number of aliphatic hydroxyl groups is 1. The van der Waals surface area contributed by atoms with E-state index in [1.54, 1.807) is 24.3 Å². The number of halogens is 1. The second kappa shape index (κ2) is 11.3. The lowest BCUT2D eigenvalue weighted by molar-refractivity contribution is 0.0696. The Bertz CT molecular complexity index is 1020. The van der Waals surface area contributed by atoms with Crippen LogP contribution in [-0.4, -0.2) is 35.4 Å². The molecule has 1 saturated carbocycles. The summed E-state index contributed by atoms with van der Waals surface area (Å²) in [7, 11) is 0. The molecule has 2 aromatic carbocycles. The molecule has 2 aromatic rings. The molecule has 0 radical (unpaired) electrons. The summed E-state index contributed by atoms with van der Waals surface area (Å²) in [5, 5.41) is 20.6. The molecule has 0 bridgehead atoms. The highest BCUT2D eigenvalue weighted by Crippen LogP contribution is 2.41. The average Bonchev–Trinajstić information content (AvgIpc) is 2.83. The van der Waals surface area contributed by atoms with Crippen LogP contribution in [0.25, 0.3) is 0 Å². The number of hydrogen-bond donors (Lipinski definition) is 2.